The van der Waals surface area contributed by atoms with Gasteiger partial charge in [-0.05, 0) is 41.5 Å². The third-order valence-electron chi connectivity index (χ3n) is 5.24. The molecule has 0 saturated heterocycles. The van der Waals surface area contributed by atoms with Crippen molar-refractivity contribution < 1.29 is 19.7 Å². The molecule has 0 fully saturated rings. The molecule has 16 heteroatoms. The Kier molecular flexibility index (Phi) is 9.34. The summed E-state index contributed by atoms with van der Waals surface area (Å²) in [5, 5.41) is 46.2. The van der Waals surface area contributed by atoms with E-state index < -0.39 is 42.4 Å². The monoisotopic (exact) mass is 648 g/mol. The van der Waals surface area contributed by atoms with Crippen molar-refractivity contribution in [3.8, 4) is 33.5 Å². The third-order valence-corrected chi connectivity index (χ3v) is 5.24. The number of nitro groups is 4. The highest BCUT2D eigenvalue weighted by Gasteiger charge is 2.29. The molecule has 4 rings (SSSR count). The second-order valence-electron chi connectivity index (χ2n) is 7.25. The maximum atomic E-state index is 11.9. The molecular formula is C22H14Br2N6O8. The first-order valence-electron chi connectivity index (χ1n) is 9.95. The quantitative estimate of drug-likeness (QED) is 0.162. The molecular weight excluding hydrogens is 636 g/mol. The van der Waals surface area contributed by atoms with Gasteiger partial charge in [-0.15, -0.1) is 34.0 Å². The van der Waals surface area contributed by atoms with Crippen molar-refractivity contribution in [3.05, 3.63) is 114 Å². The number of hydrogen-bond donors (Lipinski definition) is 0. The molecule has 0 spiro atoms. The van der Waals surface area contributed by atoms with Crippen molar-refractivity contribution in [2.24, 2.45) is 0 Å². The van der Waals surface area contributed by atoms with Crippen molar-refractivity contribution in [1.29, 1.82) is 0 Å². The Morgan fingerprint density at radius 2 is 1.05 bits per heavy atom. The van der Waals surface area contributed by atoms with E-state index in [1.54, 1.807) is 12.1 Å². The molecule has 4 aromatic rings. The fourth-order valence-corrected chi connectivity index (χ4v) is 3.69. The summed E-state index contributed by atoms with van der Waals surface area (Å²) >= 11 is 0. The fraction of sp³-hybridized carbons (Fsp3) is 0. The molecule has 0 aliphatic carbocycles. The molecule has 0 atom stereocenters. The molecule has 14 nitrogen and oxygen atoms in total. The van der Waals surface area contributed by atoms with Crippen molar-refractivity contribution in [1.82, 2.24) is 9.97 Å². The van der Waals surface area contributed by atoms with E-state index in [-0.39, 0.29) is 56.3 Å². The van der Waals surface area contributed by atoms with Crippen LogP contribution in [-0.2, 0) is 0 Å². The minimum atomic E-state index is -0.822. The van der Waals surface area contributed by atoms with Crippen LogP contribution in [0.15, 0.2) is 73.2 Å². The molecule has 0 N–H and O–H groups in total. The van der Waals surface area contributed by atoms with E-state index in [0.29, 0.717) is 11.1 Å². The predicted octanol–water partition coefficient (Wildman–Crippen LogP) is 6.27. The Morgan fingerprint density at radius 1 is 0.553 bits per heavy atom. The van der Waals surface area contributed by atoms with Gasteiger partial charge in [0.05, 0.1) is 48.6 Å². The van der Waals surface area contributed by atoms with E-state index in [4.69, 9.17) is 0 Å². The molecule has 194 valence electrons. The van der Waals surface area contributed by atoms with E-state index in [0.717, 1.165) is 30.3 Å². The second-order valence-corrected chi connectivity index (χ2v) is 7.25. The van der Waals surface area contributed by atoms with Crippen LogP contribution in [0, 0.1) is 40.5 Å². The first-order chi connectivity index (χ1) is 17.2. The minimum Gasteiger partial charge on any atom is -0.265 e. The highest BCUT2D eigenvalue weighted by atomic mass is 79.9. The molecule has 0 aliphatic heterocycles. The fourth-order valence-electron chi connectivity index (χ4n) is 3.69. The number of pyridine rings is 2. The van der Waals surface area contributed by atoms with Gasteiger partial charge in [-0.3, -0.25) is 50.4 Å². The van der Waals surface area contributed by atoms with Gasteiger partial charge in [0, 0.05) is 36.3 Å². The molecule has 0 saturated carbocycles. The lowest BCUT2D eigenvalue weighted by Gasteiger charge is -2.15. The summed E-state index contributed by atoms with van der Waals surface area (Å²) in [6.07, 6.45) is 4.27. The van der Waals surface area contributed by atoms with Gasteiger partial charge >= 0.3 is 0 Å². The topological polar surface area (TPSA) is 198 Å². The van der Waals surface area contributed by atoms with E-state index in [1.165, 1.54) is 30.7 Å². The lowest BCUT2D eigenvalue weighted by Crippen LogP contribution is -2.01. The van der Waals surface area contributed by atoms with Crippen LogP contribution in [0.4, 0.5) is 22.7 Å². The van der Waals surface area contributed by atoms with Gasteiger partial charge in [0.25, 0.3) is 22.7 Å². The zero-order valence-electron chi connectivity index (χ0n) is 18.7. The lowest BCUT2D eigenvalue weighted by molar-refractivity contribution is -0.394. The molecule has 38 heavy (non-hydrogen) atoms. The number of non-ortho nitro benzene ring substituents is 2. The Balaban J connectivity index is 0.00000253. The highest BCUT2D eigenvalue weighted by Crippen LogP contribution is 2.45. The SMILES string of the molecule is Br.Br.O=[N+]([O-])c1ccc(-c2nccc(-c3ccncc3)c2-c2ccc([N+](=O)[O-])cc2[N+](=O)[O-])c([N+](=O)[O-])c1. The van der Waals surface area contributed by atoms with E-state index >= 15 is 0 Å². The maximum Gasteiger partial charge on any atom is 0.285 e. The molecule has 0 unspecified atom stereocenters. The summed E-state index contributed by atoms with van der Waals surface area (Å²) in [5.41, 5.74) is -1.66. The molecule has 2 aromatic heterocycles. The van der Waals surface area contributed by atoms with Crippen molar-refractivity contribution in [2.45, 2.75) is 0 Å². The Bertz CT molecular complexity index is 1570. The van der Waals surface area contributed by atoms with Gasteiger partial charge in [-0.1, -0.05) is 0 Å². The summed E-state index contributed by atoms with van der Waals surface area (Å²) in [6, 6.07) is 10.7. The van der Waals surface area contributed by atoms with Crippen molar-refractivity contribution >= 4 is 56.7 Å². The summed E-state index contributed by atoms with van der Waals surface area (Å²) in [7, 11) is 0. The first kappa shape index (κ1) is 29.5. The number of benzene rings is 2. The van der Waals surface area contributed by atoms with E-state index in [2.05, 4.69) is 9.97 Å². The van der Waals surface area contributed by atoms with Crippen LogP contribution in [0.25, 0.3) is 33.5 Å². The van der Waals surface area contributed by atoms with Gasteiger partial charge in [0.2, 0.25) is 0 Å². The molecule has 2 aromatic carbocycles. The predicted molar refractivity (Wildman–Crippen MR) is 146 cm³/mol. The number of aromatic nitrogens is 2. The van der Waals surface area contributed by atoms with Crippen molar-refractivity contribution in [2.75, 3.05) is 0 Å². The van der Waals surface area contributed by atoms with Crippen LogP contribution in [0.2, 0.25) is 0 Å². The summed E-state index contributed by atoms with van der Waals surface area (Å²) in [6.45, 7) is 0. The molecule has 2 heterocycles. The maximum absolute atomic E-state index is 11.9. The summed E-state index contributed by atoms with van der Waals surface area (Å²) < 4.78 is 0. The number of nitro benzene ring substituents is 4. The molecule has 0 radical (unpaired) electrons. The van der Waals surface area contributed by atoms with E-state index in [1.807, 2.05) is 0 Å². The summed E-state index contributed by atoms with van der Waals surface area (Å²) in [4.78, 5) is 51.2. The average Bonchev–Trinajstić information content (AvgIpc) is 2.87. The Labute approximate surface area is 233 Å². The lowest BCUT2D eigenvalue weighted by atomic mass is 9.90. The number of rotatable bonds is 7. The average molecular weight is 650 g/mol. The zero-order valence-corrected chi connectivity index (χ0v) is 22.1. The molecule has 0 amide bonds. The second kappa shape index (κ2) is 12.0. The van der Waals surface area contributed by atoms with Gasteiger partial charge < -0.3 is 0 Å². The number of halogens is 2. The zero-order chi connectivity index (χ0) is 26.0. The Morgan fingerprint density at radius 3 is 1.55 bits per heavy atom. The van der Waals surface area contributed by atoms with Crippen LogP contribution in [0.5, 0.6) is 0 Å². The summed E-state index contributed by atoms with van der Waals surface area (Å²) in [5.74, 6) is 0. The van der Waals surface area contributed by atoms with E-state index in [9.17, 15) is 40.5 Å². The largest absolute Gasteiger partial charge is 0.285 e. The van der Waals surface area contributed by atoms with Crippen LogP contribution >= 0.6 is 34.0 Å². The van der Waals surface area contributed by atoms with Crippen LogP contribution in [0.3, 0.4) is 0 Å². The van der Waals surface area contributed by atoms with Gasteiger partial charge in [-0.25, -0.2) is 0 Å². The van der Waals surface area contributed by atoms with Gasteiger partial charge in [-0.2, -0.15) is 0 Å². The van der Waals surface area contributed by atoms with Gasteiger partial charge in [0.15, 0.2) is 0 Å². The molecule has 0 bridgehead atoms. The third kappa shape index (κ3) is 5.65. The first-order valence-corrected chi connectivity index (χ1v) is 9.95. The molecule has 0 aliphatic rings. The number of hydrogen-bond acceptors (Lipinski definition) is 10. The van der Waals surface area contributed by atoms with Crippen molar-refractivity contribution in [3.63, 3.8) is 0 Å². The normalized spacial score (nSPS) is 10.0. The Hall–Kier alpha value is -4.70. The minimum absolute atomic E-state index is 0. The smallest absolute Gasteiger partial charge is 0.265 e. The number of nitrogens with zero attached hydrogens (tertiary/aromatic N) is 6. The standard InChI is InChI=1S/C22H12N6O8.2BrH/c29-25(30)14-1-3-17(19(11-14)27(33)34)21-16(13-5-8-23-9-6-13)7-10-24-22(21)18-4-2-15(26(31)32)12-20(18)28(35)36;;/h1-12H;2*1H. The van der Waals surface area contributed by atoms with Crippen LogP contribution in [0.1, 0.15) is 0 Å². The highest BCUT2D eigenvalue weighted by molar-refractivity contribution is 8.93. The van der Waals surface area contributed by atoms with Gasteiger partial charge in [0.1, 0.15) is 0 Å². The van der Waals surface area contributed by atoms with Crippen LogP contribution < -0.4 is 0 Å². The van der Waals surface area contributed by atoms with Crippen LogP contribution in [-0.4, -0.2) is 29.7 Å².